The minimum atomic E-state index is -0.402. The lowest BCUT2D eigenvalue weighted by atomic mass is 10.0. The molecular weight excluding hydrogens is 254 g/mol. The predicted octanol–water partition coefficient (Wildman–Crippen LogP) is 4.30. The number of rotatable bonds is 5. The first-order chi connectivity index (χ1) is 9.56. The quantitative estimate of drug-likeness (QED) is 0.602. The molecule has 0 atom stereocenters. The van der Waals surface area contributed by atoms with Gasteiger partial charge in [0.2, 0.25) is 0 Å². The van der Waals surface area contributed by atoms with Crippen LogP contribution in [0, 0.1) is 10.1 Å². The first-order valence-corrected chi connectivity index (χ1v) is 6.52. The molecule has 0 saturated carbocycles. The van der Waals surface area contributed by atoms with Crippen molar-refractivity contribution in [3.63, 3.8) is 0 Å². The molecule has 4 nitrogen and oxygen atoms in total. The molecule has 0 spiro atoms. The number of nitro groups is 1. The summed E-state index contributed by atoms with van der Waals surface area (Å²) in [6.45, 7) is 4.60. The summed E-state index contributed by atoms with van der Waals surface area (Å²) in [5.74, 6) is 1.25. The van der Waals surface area contributed by atoms with Gasteiger partial charge in [0.05, 0.1) is 4.92 Å². The van der Waals surface area contributed by atoms with Crippen molar-refractivity contribution in [2.45, 2.75) is 26.4 Å². The van der Waals surface area contributed by atoms with Gasteiger partial charge in [0.1, 0.15) is 12.4 Å². The molecule has 4 heteroatoms. The molecule has 0 amide bonds. The average molecular weight is 271 g/mol. The van der Waals surface area contributed by atoms with E-state index < -0.39 is 4.92 Å². The van der Waals surface area contributed by atoms with E-state index in [1.54, 1.807) is 6.07 Å². The van der Waals surface area contributed by atoms with Crippen LogP contribution in [0.1, 0.15) is 30.9 Å². The fourth-order valence-corrected chi connectivity index (χ4v) is 1.88. The van der Waals surface area contributed by atoms with Gasteiger partial charge in [0.15, 0.2) is 0 Å². The number of hydrogen-bond donors (Lipinski definition) is 0. The van der Waals surface area contributed by atoms with Gasteiger partial charge in [-0.1, -0.05) is 38.1 Å². The minimum Gasteiger partial charge on any atom is -0.489 e. The number of ether oxygens (including phenoxy) is 1. The van der Waals surface area contributed by atoms with Crippen LogP contribution >= 0.6 is 0 Å². The largest absolute Gasteiger partial charge is 0.489 e. The SMILES string of the molecule is CC(C)c1ccc(OCc2cccc([N+](=O)[O-])c2)cc1. The van der Waals surface area contributed by atoms with Gasteiger partial charge in [-0.25, -0.2) is 0 Å². The normalized spacial score (nSPS) is 10.6. The van der Waals surface area contributed by atoms with Crippen LogP contribution in [0.25, 0.3) is 0 Å². The summed E-state index contributed by atoms with van der Waals surface area (Å²) in [5.41, 5.74) is 2.13. The molecule has 0 radical (unpaired) electrons. The molecule has 2 rings (SSSR count). The first-order valence-electron chi connectivity index (χ1n) is 6.52. The zero-order valence-electron chi connectivity index (χ0n) is 11.6. The summed E-state index contributed by atoms with van der Waals surface area (Å²) >= 11 is 0. The minimum absolute atomic E-state index is 0.0845. The Morgan fingerprint density at radius 2 is 1.85 bits per heavy atom. The van der Waals surface area contributed by atoms with Crippen LogP contribution in [0.2, 0.25) is 0 Å². The van der Waals surface area contributed by atoms with Gasteiger partial charge in [0.25, 0.3) is 5.69 Å². The Labute approximate surface area is 118 Å². The van der Waals surface area contributed by atoms with Gasteiger partial charge < -0.3 is 4.74 Å². The maximum atomic E-state index is 10.7. The maximum absolute atomic E-state index is 10.7. The summed E-state index contributed by atoms with van der Waals surface area (Å²) in [4.78, 5) is 10.3. The van der Waals surface area contributed by atoms with Gasteiger partial charge >= 0.3 is 0 Å². The summed E-state index contributed by atoms with van der Waals surface area (Å²) in [6.07, 6.45) is 0. The third kappa shape index (κ3) is 3.57. The Morgan fingerprint density at radius 3 is 2.45 bits per heavy atom. The van der Waals surface area contributed by atoms with Crippen molar-refractivity contribution >= 4 is 5.69 Å². The zero-order valence-corrected chi connectivity index (χ0v) is 11.6. The van der Waals surface area contributed by atoms with E-state index in [0.29, 0.717) is 12.5 Å². The van der Waals surface area contributed by atoms with Crippen LogP contribution in [0.15, 0.2) is 48.5 Å². The second-order valence-corrected chi connectivity index (χ2v) is 4.94. The van der Waals surface area contributed by atoms with E-state index in [1.165, 1.54) is 17.7 Å². The van der Waals surface area contributed by atoms with Crippen LogP contribution in [0.3, 0.4) is 0 Å². The third-order valence-electron chi connectivity index (χ3n) is 3.07. The highest BCUT2D eigenvalue weighted by atomic mass is 16.6. The Bertz CT molecular complexity index is 591. The highest BCUT2D eigenvalue weighted by Gasteiger charge is 2.06. The first kappa shape index (κ1) is 14.1. The van der Waals surface area contributed by atoms with E-state index in [9.17, 15) is 10.1 Å². The molecule has 0 saturated heterocycles. The monoisotopic (exact) mass is 271 g/mol. The fraction of sp³-hybridized carbons (Fsp3) is 0.250. The van der Waals surface area contributed by atoms with E-state index >= 15 is 0 Å². The van der Waals surface area contributed by atoms with Crippen molar-refractivity contribution < 1.29 is 9.66 Å². The molecule has 0 unspecified atom stereocenters. The smallest absolute Gasteiger partial charge is 0.269 e. The van der Waals surface area contributed by atoms with Crippen LogP contribution in [-0.2, 0) is 6.61 Å². The van der Waals surface area contributed by atoms with Gasteiger partial charge in [-0.05, 0) is 29.2 Å². The van der Waals surface area contributed by atoms with E-state index in [-0.39, 0.29) is 5.69 Å². The molecule has 0 fully saturated rings. The molecule has 0 aliphatic rings. The Hall–Kier alpha value is -2.36. The fourth-order valence-electron chi connectivity index (χ4n) is 1.88. The topological polar surface area (TPSA) is 52.4 Å². The number of nitrogens with zero attached hydrogens (tertiary/aromatic N) is 1. The molecule has 20 heavy (non-hydrogen) atoms. The van der Waals surface area contributed by atoms with Crippen LogP contribution < -0.4 is 4.74 Å². The molecular formula is C16H17NO3. The summed E-state index contributed by atoms with van der Waals surface area (Å²) in [5, 5.41) is 10.7. The van der Waals surface area contributed by atoms with Crippen molar-refractivity contribution in [1.29, 1.82) is 0 Å². The molecule has 0 heterocycles. The van der Waals surface area contributed by atoms with Crippen molar-refractivity contribution in [3.8, 4) is 5.75 Å². The zero-order chi connectivity index (χ0) is 14.5. The van der Waals surface area contributed by atoms with Crippen molar-refractivity contribution in [2.75, 3.05) is 0 Å². The lowest BCUT2D eigenvalue weighted by Gasteiger charge is -2.09. The Balaban J connectivity index is 2.01. The van der Waals surface area contributed by atoms with Crippen molar-refractivity contribution in [3.05, 3.63) is 69.8 Å². The van der Waals surface area contributed by atoms with Crippen molar-refractivity contribution in [1.82, 2.24) is 0 Å². The lowest BCUT2D eigenvalue weighted by molar-refractivity contribution is -0.384. The van der Waals surface area contributed by atoms with Crippen LogP contribution in [0.4, 0.5) is 5.69 Å². The average Bonchev–Trinajstić information content (AvgIpc) is 2.46. The number of hydrogen-bond acceptors (Lipinski definition) is 3. The molecule has 0 N–H and O–H groups in total. The highest BCUT2D eigenvalue weighted by Crippen LogP contribution is 2.20. The maximum Gasteiger partial charge on any atom is 0.269 e. The van der Waals surface area contributed by atoms with Gasteiger partial charge in [-0.2, -0.15) is 0 Å². The van der Waals surface area contributed by atoms with Crippen LogP contribution in [-0.4, -0.2) is 4.92 Å². The van der Waals surface area contributed by atoms with E-state index in [4.69, 9.17) is 4.74 Å². The van der Waals surface area contributed by atoms with E-state index in [1.807, 2.05) is 30.3 Å². The van der Waals surface area contributed by atoms with Gasteiger partial charge in [0, 0.05) is 12.1 Å². The number of nitro benzene ring substituents is 1. The van der Waals surface area contributed by atoms with E-state index in [0.717, 1.165) is 11.3 Å². The third-order valence-corrected chi connectivity index (χ3v) is 3.07. The summed E-state index contributed by atoms with van der Waals surface area (Å²) < 4.78 is 5.64. The standard InChI is InChI=1S/C16H17NO3/c1-12(2)14-6-8-16(9-7-14)20-11-13-4-3-5-15(10-13)17(18)19/h3-10,12H,11H2,1-2H3. The summed E-state index contributed by atoms with van der Waals surface area (Å²) in [7, 11) is 0. The van der Waals surface area contributed by atoms with Gasteiger partial charge in [-0.15, -0.1) is 0 Å². The molecule has 0 aromatic heterocycles. The molecule has 2 aromatic rings. The second-order valence-electron chi connectivity index (χ2n) is 4.94. The number of benzene rings is 2. The Morgan fingerprint density at radius 1 is 1.15 bits per heavy atom. The van der Waals surface area contributed by atoms with Crippen LogP contribution in [0.5, 0.6) is 5.75 Å². The molecule has 2 aromatic carbocycles. The molecule has 104 valence electrons. The predicted molar refractivity (Wildman–Crippen MR) is 78.0 cm³/mol. The lowest BCUT2D eigenvalue weighted by Crippen LogP contribution is -1.97. The molecule has 0 bridgehead atoms. The number of non-ortho nitro benzene ring substituents is 1. The van der Waals surface area contributed by atoms with E-state index in [2.05, 4.69) is 13.8 Å². The molecule has 0 aliphatic carbocycles. The highest BCUT2D eigenvalue weighted by molar-refractivity contribution is 5.34. The molecule has 0 aliphatic heterocycles. The van der Waals surface area contributed by atoms with Gasteiger partial charge in [-0.3, -0.25) is 10.1 Å². The van der Waals surface area contributed by atoms with Crippen molar-refractivity contribution in [2.24, 2.45) is 0 Å². The Kier molecular flexibility index (Phi) is 4.35. The summed E-state index contributed by atoms with van der Waals surface area (Å²) in [6, 6.07) is 14.4. The second kappa shape index (κ2) is 6.19.